The van der Waals surface area contributed by atoms with Crippen molar-refractivity contribution in [2.45, 2.75) is 57.3 Å². The van der Waals surface area contributed by atoms with Crippen molar-refractivity contribution in [1.29, 1.82) is 5.26 Å². The zero-order valence-corrected chi connectivity index (χ0v) is 22.6. The number of hydrogen-bond donors (Lipinski definition) is 1. The third-order valence-electron chi connectivity index (χ3n) is 7.75. The fraction of sp³-hybridized carbons (Fsp3) is 0.640. The van der Waals surface area contributed by atoms with Gasteiger partial charge in [-0.3, -0.25) is 9.59 Å². The Morgan fingerprint density at radius 2 is 1.75 bits per heavy atom. The highest BCUT2D eigenvalue weighted by Gasteiger charge is 2.44. The Kier molecular flexibility index (Phi) is 8.72. The summed E-state index contributed by atoms with van der Waals surface area (Å²) in [6, 6.07) is 0.438. The van der Waals surface area contributed by atoms with E-state index in [1.54, 1.807) is 6.92 Å². The average Bonchev–Trinajstić information content (AvgIpc) is 3.37. The highest BCUT2D eigenvalue weighted by molar-refractivity contribution is 7.86. The summed E-state index contributed by atoms with van der Waals surface area (Å²) >= 11 is 0. The second-order valence-corrected chi connectivity index (χ2v) is 12.3. The van der Waals surface area contributed by atoms with Crippen molar-refractivity contribution in [2.75, 3.05) is 32.7 Å². The lowest BCUT2D eigenvalue weighted by Gasteiger charge is -2.41. The summed E-state index contributed by atoms with van der Waals surface area (Å²) in [7, 11) is -3.83. The van der Waals surface area contributed by atoms with Crippen molar-refractivity contribution in [3.63, 3.8) is 0 Å². The third kappa shape index (κ3) is 5.94. The minimum atomic E-state index is -5.08. The molecule has 0 spiro atoms. The summed E-state index contributed by atoms with van der Waals surface area (Å²) in [4.78, 5) is 28.0. The molecule has 9 nitrogen and oxygen atoms in total. The largest absolute Gasteiger partial charge is 0.419 e. The number of nitriles is 1. The molecule has 4 rings (SSSR count). The maximum atomic E-state index is 14.6. The lowest BCUT2D eigenvalue weighted by atomic mass is 9.97. The molecule has 15 heteroatoms. The van der Waals surface area contributed by atoms with Crippen LogP contribution >= 0.6 is 0 Å². The number of likely N-dealkylation sites (tertiary alicyclic amines) is 1. The van der Waals surface area contributed by atoms with Crippen LogP contribution < -0.4 is 5.32 Å². The van der Waals surface area contributed by atoms with Crippen LogP contribution in [-0.2, 0) is 26.0 Å². The summed E-state index contributed by atoms with van der Waals surface area (Å²) in [5.74, 6) is -5.06. The molecule has 3 heterocycles. The molecular formula is C25H30F5N5O4S. The van der Waals surface area contributed by atoms with Crippen molar-refractivity contribution < 1.29 is 40.0 Å². The van der Waals surface area contributed by atoms with Gasteiger partial charge in [0.05, 0.1) is 29.5 Å². The number of rotatable bonds is 7. The van der Waals surface area contributed by atoms with Crippen molar-refractivity contribution in [2.24, 2.45) is 11.8 Å². The van der Waals surface area contributed by atoms with Crippen molar-refractivity contribution in [3.8, 4) is 6.07 Å². The molecule has 1 aromatic rings. The molecule has 2 amide bonds. The Morgan fingerprint density at radius 3 is 2.38 bits per heavy atom. The lowest BCUT2D eigenvalue weighted by molar-refractivity contribution is -0.142. The smallest absolute Gasteiger partial charge is 0.347 e. The van der Waals surface area contributed by atoms with Crippen LogP contribution in [0.3, 0.4) is 0 Å². The van der Waals surface area contributed by atoms with Crippen LogP contribution in [-0.4, -0.2) is 72.5 Å². The standard InChI is InChI=1S/C25H30F5N5O4S/c1-2-21(17-9-20(27)18(10-19(17)26)25(28,29)30)32-23(36)22-6-4-8-35(22)24(37)16-5-3-7-33(14-16)40(38,39)34-12-15(11-31)13-34/h9-10,15-16,21-22H,2-8,12-14H2,1H3,(H,32,36)/t16-,21-,22+/m0/s1. The number of benzene rings is 1. The second-order valence-electron chi connectivity index (χ2n) is 10.4. The Labute approximate surface area is 229 Å². The van der Waals surface area contributed by atoms with Gasteiger partial charge in [-0.15, -0.1) is 0 Å². The normalized spacial score (nSPS) is 23.9. The Balaban J connectivity index is 1.44. The molecule has 0 unspecified atom stereocenters. The van der Waals surface area contributed by atoms with E-state index in [-0.39, 0.29) is 57.5 Å². The Bertz CT molecular complexity index is 1300. The van der Waals surface area contributed by atoms with E-state index in [2.05, 4.69) is 5.32 Å². The first-order chi connectivity index (χ1) is 18.8. The van der Waals surface area contributed by atoms with Crippen LogP contribution in [0, 0.1) is 34.8 Å². The number of alkyl halides is 3. The Morgan fingerprint density at radius 1 is 1.07 bits per heavy atom. The maximum Gasteiger partial charge on any atom is 0.419 e. The summed E-state index contributed by atoms with van der Waals surface area (Å²) in [6.07, 6.45) is -3.40. The summed E-state index contributed by atoms with van der Waals surface area (Å²) in [6.45, 7) is 2.17. The van der Waals surface area contributed by atoms with E-state index in [4.69, 9.17) is 5.26 Å². The van der Waals surface area contributed by atoms with Crippen molar-refractivity contribution in [1.82, 2.24) is 18.8 Å². The van der Waals surface area contributed by atoms with E-state index >= 15 is 0 Å². The van der Waals surface area contributed by atoms with Gasteiger partial charge in [-0.1, -0.05) is 6.92 Å². The molecule has 3 fully saturated rings. The molecule has 0 radical (unpaired) electrons. The molecular weight excluding hydrogens is 561 g/mol. The van der Waals surface area contributed by atoms with Gasteiger partial charge in [-0.05, 0) is 44.2 Å². The highest BCUT2D eigenvalue weighted by Crippen LogP contribution is 2.35. The SMILES string of the molecule is CC[C@H](NC(=O)[C@H]1CCCN1C(=O)[C@H]1CCCN(S(=O)(=O)N2CC(C#N)C2)C1)c1cc(F)c(C(F)(F)F)cc1F. The first-order valence-corrected chi connectivity index (χ1v) is 14.5. The number of piperidine rings is 1. The molecule has 1 N–H and O–H groups in total. The summed E-state index contributed by atoms with van der Waals surface area (Å²) in [5, 5.41) is 11.5. The van der Waals surface area contributed by atoms with E-state index in [0.29, 0.717) is 25.3 Å². The maximum absolute atomic E-state index is 14.6. The topological polar surface area (TPSA) is 114 Å². The van der Waals surface area contributed by atoms with Gasteiger partial charge < -0.3 is 10.2 Å². The van der Waals surface area contributed by atoms with Gasteiger partial charge in [0.1, 0.15) is 17.7 Å². The van der Waals surface area contributed by atoms with E-state index < -0.39 is 69.0 Å². The van der Waals surface area contributed by atoms with Gasteiger partial charge in [0, 0.05) is 38.3 Å². The molecule has 3 aliphatic heterocycles. The molecule has 40 heavy (non-hydrogen) atoms. The van der Waals surface area contributed by atoms with Crippen LogP contribution in [0.5, 0.6) is 0 Å². The highest BCUT2D eigenvalue weighted by atomic mass is 32.2. The number of amides is 2. The minimum absolute atomic E-state index is 0.0483. The molecule has 3 saturated heterocycles. The van der Waals surface area contributed by atoms with E-state index in [9.17, 15) is 40.0 Å². The second kappa shape index (κ2) is 11.6. The molecule has 0 aromatic heterocycles. The first kappa shape index (κ1) is 30.1. The molecule has 3 aliphatic rings. The predicted octanol–water partition coefficient (Wildman–Crippen LogP) is 2.95. The van der Waals surface area contributed by atoms with Gasteiger partial charge in [-0.2, -0.15) is 35.5 Å². The monoisotopic (exact) mass is 591 g/mol. The molecule has 0 saturated carbocycles. The van der Waals surface area contributed by atoms with Crippen LogP contribution in [0.25, 0.3) is 0 Å². The number of hydrogen-bond acceptors (Lipinski definition) is 5. The number of halogens is 5. The van der Waals surface area contributed by atoms with Crippen molar-refractivity contribution in [3.05, 3.63) is 34.9 Å². The number of carbonyl (C=O) groups is 2. The van der Waals surface area contributed by atoms with Gasteiger partial charge in [-0.25, -0.2) is 8.78 Å². The number of nitrogens with one attached hydrogen (secondary N) is 1. The van der Waals surface area contributed by atoms with Crippen LogP contribution in [0.2, 0.25) is 0 Å². The number of carbonyl (C=O) groups excluding carboxylic acids is 2. The molecule has 1 aromatic carbocycles. The first-order valence-electron chi connectivity index (χ1n) is 13.1. The Hall–Kier alpha value is -2.83. The zero-order valence-electron chi connectivity index (χ0n) is 21.8. The molecule has 3 atom stereocenters. The van der Waals surface area contributed by atoms with E-state index in [1.807, 2.05) is 6.07 Å². The zero-order chi connectivity index (χ0) is 29.4. The van der Waals surface area contributed by atoms with E-state index in [0.717, 1.165) is 0 Å². The quantitative estimate of drug-likeness (QED) is 0.490. The van der Waals surface area contributed by atoms with Gasteiger partial charge in [0.2, 0.25) is 11.8 Å². The van der Waals surface area contributed by atoms with Gasteiger partial charge >= 0.3 is 6.18 Å². The molecule has 0 bridgehead atoms. The third-order valence-corrected chi connectivity index (χ3v) is 9.68. The summed E-state index contributed by atoms with van der Waals surface area (Å²) < 4.78 is 95.9. The van der Waals surface area contributed by atoms with Crippen molar-refractivity contribution >= 4 is 22.0 Å². The van der Waals surface area contributed by atoms with Gasteiger partial charge in [0.15, 0.2) is 0 Å². The molecule has 0 aliphatic carbocycles. The fourth-order valence-electron chi connectivity index (χ4n) is 5.48. The number of nitrogens with zero attached hydrogens (tertiary/aromatic N) is 4. The summed E-state index contributed by atoms with van der Waals surface area (Å²) in [5.41, 5.74) is -2.18. The van der Waals surface area contributed by atoms with Crippen LogP contribution in [0.15, 0.2) is 12.1 Å². The average molecular weight is 592 g/mol. The molecule has 220 valence electrons. The van der Waals surface area contributed by atoms with E-state index in [1.165, 1.54) is 13.5 Å². The van der Waals surface area contributed by atoms with Gasteiger partial charge in [0.25, 0.3) is 10.2 Å². The van der Waals surface area contributed by atoms with Crippen LogP contribution in [0.4, 0.5) is 22.0 Å². The minimum Gasteiger partial charge on any atom is -0.347 e. The fourth-order valence-corrected chi connectivity index (χ4v) is 7.27. The van der Waals surface area contributed by atoms with Crippen LogP contribution in [0.1, 0.15) is 56.2 Å². The predicted molar refractivity (Wildman–Crippen MR) is 131 cm³/mol. The lowest BCUT2D eigenvalue weighted by Crippen LogP contribution is -2.57.